The quantitative estimate of drug-likeness (QED) is 0.601. The van der Waals surface area contributed by atoms with Crippen LogP contribution in [0.4, 0.5) is 0 Å². The lowest BCUT2D eigenvalue weighted by Gasteiger charge is -2.03. The van der Waals surface area contributed by atoms with Gasteiger partial charge in [0.15, 0.2) is 6.29 Å². The highest BCUT2D eigenvalue weighted by Gasteiger charge is 2.00. The third-order valence-electron chi connectivity index (χ3n) is 2.27. The summed E-state index contributed by atoms with van der Waals surface area (Å²) in [6.45, 7) is 2.02. The number of carbonyl (C=O) groups excluding carboxylic acids is 1. The van der Waals surface area contributed by atoms with E-state index in [2.05, 4.69) is 0 Å². The fraction of sp³-hybridized carbons (Fsp3) is 0.0833. The molecule has 0 amide bonds. The van der Waals surface area contributed by atoms with E-state index in [9.17, 15) is 4.79 Å². The van der Waals surface area contributed by atoms with Gasteiger partial charge >= 0.3 is 0 Å². The second-order valence-electron chi connectivity index (χ2n) is 3.14. The zero-order valence-corrected chi connectivity index (χ0v) is 7.45. The Morgan fingerprint density at radius 2 is 1.77 bits per heavy atom. The van der Waals surface area contributed by atoms with Crippen molar-refractivity contribution in [2.24, 2.45) is 0 Å². The van der Waals surface area contributed by atoms with Gasteiger partial charge in [-0.25, -0.2) is 0 Å². The molecular formula is C12H10O. The second kappa shape index (κ2) is 3.02. The zero-order valence-electron chi connectivity index (χ0n) is 7.45. The summed E-state index contributed by atoms with van der Waals surface area (Å²) in [5, 5.41) is 2.20. The van der Waals surface area contributed by atoms with Gasteiger partial charge < -0.3 is 0 Å². The molecule has 2 aromatic carbocycles. The highest BCUT2D eigenvalue weighted by atomic mass is 16.1. The van der Waals surface area contributed by atoms with Crippen molar-refractivity contribution >= 4 is 17.1 Å². The first-order valence-electron chi connectivity index (χ1n) is 4.26. The zero-order chi connectivity index (χ0) is 9.26. The first kappa shape index (κ1) is 7.99. The van der Waals surface area contributed by atoms with Crippen LogP contribution >= 0.6 is 0 Å². The number of hydrogen-bond donors (Lipinski definition) is 0. The first-order valence-corrected chi connectivity index (χ1v) is 4.26. The van der Waals surface area contributed by atoms with Gasteiger partial charge in [0.1, 0.15) is 0 Å². The molecule has 0 heterocycles. The summed E-state index contributed by atoms with van der Waals surface area (Å²) in [7, 11) is 0. The van der Waals surface area contributed by atoms with Crippen LogP contribution in [0.3, 0.4) is 0 Å². The molecule has 0 aliphatic heterocycles. The van der Waals surface area contributed by atoms with Gasteiger partial charge in [-0.1, -0.05) is 36.4 Å². The maximum absolute atomic E-state index is 10.8. The number of carbonyl (C=O) groups is 1. The Labute approximate surface area is 77.0 Å². The molecule has 0 radical (unpaired) electrons. The number of rotatable bonds is 1. The average Bonchev–Trinajstić information content (AvgIpc) is 2.17. The summed E-state index contributed by atoms with van der Waals surface area (Å²) in [6.07, 6.45) is 0.912. The van der Waals surface area contributed by atoms with Crippen molar-refractivity contribution in [1.82, 2.24) is 0 Å². The molecule has 0 unspecified atom stereocenters. The SMILES string of the molecule is Cc1cccc2cccc(C=O)c12. The lowest BCUT2D eigenvalue weighted by atomic mass is 10.0. The van der Waals surface area contributed by atoms with Gasteiger partial charge in [-0.3, -0.25) is 4.79 Å². The minimum Gasteiger partial charge on any atom is -0.298 e. The lowest BCUT2D eigenvalue weighted by Crippen LogP contribution is -1.85. The number of benzene rings is 2. The molecule has 64 valence electrons. The van der Waals surface area contributed by atoms with Crippen LogP contribution in [0, 0.1) is 6.92 Å². The van der Waals surface area contributed by atoms with E-state index in [4.69, 9.17) is 0 Å². The van der Waals surface area contributed by atoms with E-state index in [0.29, 0.717) is 0 Å². The van der Waals surface area contributed by atoms with E-state index in [1.54, 1.807) is 0 Å². The molecule has 0 bridgehead atoms. The fourth-order valence-electron chi connectivity index (χ4n) is 1.66. The molecule has 1 heteroatoms. The number of aryl methyl sites for hydroxylation is 1. The van der Waals surface area contributed by atoms with E-state index in [0.717, 1.165) is 28.2 Å². The van der Waals surface area contributed by atoms with Crippen molar-refractivity contribution < 1.29 is 4.79 Å². The molecule has 0 aliphatic rings. The van der Waals surface area contributed by atoms with Crippen LogP contribution in [-0.2, 0) is 0 Å². The number of aldehydes is 1. The molecule has 0 saturated carbocycles. The van der Waals surface area contributed by atoms with Gasteiger partial charge in [0.25, 0.3) is 0 Å². The molecule has 0 saturated heterocycles. The fourth-order valence-corrected chi connectivity index (χ4v) is 1.66. The third kappa shape index (κ3) is 1.22. The molecule has 1 nitrogen and oxygen atoms in total. The summed E-state index contributed by atoms with van der Waals surface area (Å²) < 4.78 is 0. The van der Waals surface area contributed by atoms with Gasteiger partial charge in [-0.15, -0.1) is 0 Å². The smallest absolute Gasteiger partial charge is 0.150 e. The molecule has 0 N–H and O–H groups in total. The molecule has 2 rings (SSSR count). The van der Waals surface area contributed by atoms with Gasteiger partial charge in [0.05, 0.1) is 0 Å². The Kier molecular flexibility index (Phi) is 1.85. The first-order chi connectivity index (χ1) is 6.33. The topological polar surface area (TPSA) is 17.1 Å². The maximum Gasteiger partial charge on any atom is 0.150 e. The van der Waals surface area contributed by atoms with Gasteiger partial charge in [-0.05, 0) is 23.3 Å². The van der Waals surface area contributed by atoms with Crippen LogP contribution in [0.25, 0.3) is 10.8 Å². The van der Waals surface area contributed by atoms with Gasteiger partial charge in [0.2, 0.25) is 0 Å². The maximum atomic E-state index is 10.8. The van der Waals surface area contributed by atoms with Gasteiger partial charge in [0, 0.05) is 5.56 Å². The summed E-state index contributed by atoms with van der Waals surface area (Å²) in [5.74, 6) is 0. The number of fused-ring (bicyclic) bond motifs is 1. The predicted molar refractivity (Wildman–Crippen MR) is 54.1 cm³/mol. The van der Waals surface area contributed by atoms with Crippen molar-refractivity contribution in [2.75, 3.05) is 0 Å². The van der Waals surface area contributed by atoms with E-state index in [1.165, 1.54) is 0 Å². The van der Waals surface area contributed by atoms with Crippen molar-refractivity contribution in [2.45, 2.75) is 6.92 Å². The van der Waals surface area contributed by atoms with Crippen LogP contribution in [0.1, 0.15) is 15.9 Å². The van der Waals surface area contributed by atoms with E-state index in [1.807, 2.05) is 43.3 Å². The molecule has 0 fully saturated rings. The summed E-state index contributed by atoms with van der Waals surface area (Å²) in [5.41, 5.74) is 1.93. The van der Waals surface area contributed by atoms with Crippen molar-refractivity contribution in [3.8, 4) is 0 Å². The van der Waals surface area contributed by atoms with Crippen molar-refractivity contribution in [1.29, 1.82) is 0 Å². The molecule has 13 heavy (non-hydrogen) atoms. The Hall–Kier alpha value is -1.63. The Bertz CT molecular complexity index is 452. The second-order valence-corrected chi connectivity index (χ2v) is 3.14. The van der Waals surface area contributed by atoms with Crippen molar-refractivity contribution in [3.63, 3.8) is 0 Å². The Morgan fingerprint density at radius 3 is 2.46 bits per heavy atom. The third-order valence-corrected chi connectivity index (χ3v) is 2.27. The van der Waals surface area contributed by atoms with E-state index >= 15 is 0 Å². The van der Waals surface area contributed by atoms with E-state index < -0.39 is 0 Å². The minimum atomic E-state index is 0.774. The monoisotopic (exact) mass is 170 g/mol. The van der Waals surface area contributed by atoms with Gasteiger partial charge in [-0.2, -0.15) is 0 Å². The largest absolute Gasteiger partial charge is 0.298 e. The van der Waals surface area contributed by atoms with Crippen LogP contribution in [-0.4, -0.2) is 6.29 Å². The highest BCUT2D eigenvalue weighted by molar-refractivity contribution is 5.99. The summed E-state index contributed by atoms with van der Waals surface area (Å²) >= 11 is 0. The van der Waals surface area contributed by atoms with Crippen LogP contribution in [0.5, 0.6) is 0 Å². The molecule has 0 spiro atoms. The predicted octanol–water partition coefficient (Wildman–Crippen LogP) is 2.96. The van der Waals surface area contributed by atoms with Crippen LogP contribution in [0.2, 0.25) is 0 Å². The number of hydrogen-bond acceptors (Lipinski definition) is 1. The molecule has 0 aliphatic carbocycles. The van der Waals surface area contributed by atoms with Crippen molar-refractivity contribution in [3.05, 3.63) is 47.5 Å². The standard InChI is InChI=1S/C12H10O/c1-9-4-2-5-10-6-3-7-11(8-13)12(9)10/h2-8H,1H3. The Morgan fingerprint density at radius 1 is 1.08 bits per heavy atom. The highest BCUT2D eigenvalue weighted by Crippen LogP contribution is 2.20. The van der Waals surface area contributed by atoms with E-state index in [-0.39, 0.29) is 0 Å². The molecule has 0 aromatic heterocycles. The molecular weight excluding hydrogens is 160 g/mol. The average molecular weight is 170 g/mol. The summed E-state index contributed by atoms with van der Waals surface area (Å²) in [4.78, 5) is 10.8. The van der Waals surface area contributed by atoms with Crippen LogP contribution in [0.15, 0.2) is 36.4 Å². The minimum absolute atomic E-state index is 0.774. The Balaban J connectivity index is 2.94. The van der Waals surface area contributed by atoms with Crippen LogP contribution < -0.4 is 0 Å². The normalized spacial score (nSPS) is 10.2. The summed E-state index contributed by atoms with van der Waals surface area (Å²) in [6, 6.07) is 11.8. The lowest BCUT2D eigenvalue weighted by molar-refractivity contribution is 0.112. The molecule has 2 aromatic rings. The molecule has 0 atom stereocenters.